The van der Waals surface area contributed by atoms with E-state index in [1.807, 2.05) is 0 Å². The van der Waals surface area contributed by atoms with E-state index in [2.05, 4.69) is 4.74 Å². The van der Waals surface area contributed by atoms with Crippen molar-refractivity contribution in [3.63, 3.8) is 0 Å². The first-order chi connectivity index (χ1) is 7.71. The van der Waals surface area contributed by atoms with E-state index in [0.29, 0.717) is 16.6 Å². The molecule has 0 spiro atoms. The molecule has 0 aromatic heterocycles. The first kappa shape index (κ1) is 12.7. The summed E-state index contributed by atoms with van der Waals surface area (Å²) in [5.74, 6) is 0.423. The Kier molecular flexibility index (Phi) is 5.02. The topological polar surface area (TPSA) is 52.6 Å². The fourth-order valence-corrected chi connectivity index (χ4v) is 2.89. The van der Waals surface area contributed by atoms with E-state index in [1.54, 1.807) is 25.3 Å². The van der Waals surface area contributed by atoms with Crippen LogP contribution in [0.4, 0.5) is 0 Å². The summed E-state index contributed by atoms with van der Waals surface area (Å²) in [7, 11) is 2.91. The molecule has 0 aliphatic heterocycles. The molecule has 0 aliphatic rings. The van der Waals surface area contributed by atoms with Crippen LogP contribution in [0.5, 0.6) is 5.75 Å². The van der Waals surface area contributed by atoms with E-state index >= 15 is 0 Å². The molecule has 0 aliphatic carbocycles. The van der Waals surface area contributed by atoms with Gasteiger partial charge in [-0.15, -0.1) is 0 Å². The number of esters is 1. The van der Waals surface area contributed by atoms with Crippen molar-refractivity contribution in [2.75, 3.05) is 14.2 Å². The summed E-state index contributed by atoms with van der Waals surface area (Å²) in [4.78, 5) is 21.8. The van der Waals surface area contributed by atoms with Crippen LogP contribution in [-0.4, -0.2) is 41.4 Å². The number of ether oxygens (including phenoxy) is 2. The second-order valence-electron chi connectivity index (χ2n) is 2.89. The molecule has 0 radical (unpaired) electrons. The van der Waals surface area contributed by atoms with Crippen molar-refractivity contribution in [2.24, 2.45) is 0 Å². The SMILES string of the molecule is COC(=O)C[Se]c1cc(OC)ccc1C=O. The van der Waals surface area contributed by atoms with Crippen molar-refractivity contribution >= 4 is 31.7 Å². The molecule has 1 aromatic rings. The molecule has 0 N–H and O–H groups in total. The Balaban J connectivity index is 2.82. The molecular formula is C11H12O4Se. The van der Waals surface area contributed by atoms with Gasteiger partial charge in [0.2, 0.25) is 0 Å². The summed E-state index contributed by atoms with van der Waals surface area (Å²) in [5, 5.41) is 0.317. The summed E-state index contributed by atoms with van der Waals surface area (Å²) in [6, 6.07) is 5.20. The Morgan fingerprint density at radius 2 is 2.19 bits per heavy atom. The Labute approximate surface area is 100 Å². The first-order valence-corrected chi connectivity index (χ1v) is 6.61. The van der Waals surface area contributed by atoms with E-state index in [9.17, 15) is 9.59 Å². The molecular weight excluding hydrogens is 275 g/mol. The molecule has 16 heavy (non-hydrogen) atoms. The second kappa shape index (κ2) is 6.30. The maximum atomic E-state index is 11.0. The Morgan fingerprint density at radius 3 is 2.75 bits per heavy atom. The normalized spacial score (nSPS) is 9.62. The number of rotatable bonds is 5. The summed E-state index contributed by atoms with van der Waals surface area (Å²) in [6.07, 6.45) is 0.786. The van der Waals surface area contributed by atoms with Gasteiger partial charge in [-0.2, -0.15) is 0 Å². The molecule has 1 rings (SSSR count). The fraction of sp³-hybridized carbons (Fsp3) is 0.273. The summed E-state index contributed by atoms with van der Waals surface area (Å²) in [5.41, 5.74) is 0.602. The second-order valence-corrected chi connectivity index (χ2v) is 5.02. The number of benzene rings is 1. The van der Waals surface area contributed by atoms with Crippen LogP contribution in [-0.2, 0) is 9.53 Å². The van der Waals surface area contributed by atoms with Gasteiger partial charge in [0.05, 0.1) is 0 Å². The van der Waals surface area contributed by atoms with Crippen LogP contribution in [0.2, 0.25) is 5.32 Å². The van der Waals surface area contributed by atoms with Crippen molar-refractivity contribution in [1.29, 1.82) is 0 Å². The summed E-state index contributed by atoms with van der Waals surface area (Å²) in [6.45, 7) is 0. The molecule has 4 nitrogen and oxygen atoms in total. The van der Waals surface area contributed by atoms with Crippen molar-refractivity contribution in [3.05, 3.63) is 23.8 Å². The predicted octanol–water partition coefficient (Wildman–Crippen LogP) is 0.428. The zero-order valence-corrected chi connectivity index (χ0v) is 10.8. The van der Waals surface area contributed by atoms with Gasteiger partial charge in [-0.05, 0) is 0 Å². The molecule has 0 fully saturated rings. The van der Waals surface area contributed by atoms with Crippen LogP contribution < -0.4 is 9.20 Å². The van der Waals surface area contributed by atoms with Crippen LogP contribution in [0.3, 0.4) is 0 Å². The third-order valence-corrected chi connectivity index (χ3v) is 4.11. The van der Waals surface area contributed by atoms with Crippen LogP contribution in [0.25, 0.3) is 0 Å². The van der Waals surface area contributed by atoms with Crippen LogP contribution >= 0.6 is 0 Å². The van der Waals surface area contributed by atoms with Crippen LogP contribution in [0, 0.1) is 0 Å². The monoisotopic (exact) mass is 288 g/mol. The average Bonchev–Trinajstić information content (AvgIpc) is 2.35. The van der Waals surface area contributed by atoms with E-state index in [1.165, 1.54) is 7.11 Å². The minimum atomic E-state index is -0.264. The van der Waals surface area contributed by atoms with Crippen molar-refractivity contribution < 1.29 is 19.1 Å². The number of carbonyl (C=O) groups is 2. The van der Waals surface area contributed by atoms with Gasteiger partial charge in [0.15, 0.2) is 0 Å². The number of aldehydes is 1. The molecule has 5 heteroatoms. The van der Waals surface area contributed by atoms with Gasteiger partial charge in [0.25, 0.3) is 0 Å². The molecule has 0 atom stereocenters. The predicted molar refractivity (Wildman–Crippen MR) is 60.6 cm³/mol. The average molecular weight is 287 g/mol. The molecule has 0 saturated carbocycles. The number of hydrogen-bond donors (Lipinski definition) is 0. The molecule has 1 aromatic carbocycles. The summed E-state index contributed by atoms with van der Waals surface area (Å²) >= 11 is -0.113. The molecule has 0 unspecified atom stereocenters. The molecule has 0 saturated heterocycles. The summed E-state index contributed by atoms with van der Waals surface area (Å²) < 4.78 is 10.5. The fourth-order valence-electron chi connectivity index (χ4n) is 1.06. The van der Waals surface area contributed by atoms with Gasteiger partial charge in [-0.25, -0.2) is 0 Å². The van der Waals surface area contributed by atoms with E-state index in [0.717, 1.165) is 10.7 Å². The molecule has 0 heterocycles. The van der Waals surface area contributed by atoms with Crippen molar-refractivity contribution in [1.82, 2.24) is 0 Å². The molecule has 0 bridgehead atoms. The quantitative estimate of drug-likeness (QED) is 0.448. The Bertz CT molecular complexity index is 390. The van der Waals surface area contributed by atoms with Crippen LogP contribution in [0.15, 0.2) is 18.2 Å². The van der Waals surface area contributed by atoms with Gasteiger partial charge >= 0.3 is 99.8 Å². The van der Waals surface area contributed by atoms with E-state index in [-0.39, 0.29) is 20.9 Å². The number of hydrogen-bond acceptors (Lipinski definition) is 4. The third-order valence-electron chi connectivity index (χ3n) is 1.92. The van der Waals surface area contributed by atoms with Crippen LogP contribution in [0.1, 0.15) is 10.4 Å². The third kappa shape index (κ3) is 3.36. The maximum absolute atomic E-state index is 11.0. The molecule has 0 amide bonds. The van der Waals surface area contributed by atoms with E-state index < -0.39 is 0 Å². The first-order valence-electron chi connectivity index (χ1n) is 4.54. The zero-order valence-electron chi connectivity index (χ0n) is 9.06. The Morgan fingerprint density at radius 1 is 1.44 bits per heavy atom. The van der Waals surface area contributed by atoms with Gasteiger partial charge in [-0.3, -0.25) is 0 Å². The number of carbonyl (C=O) groups excluding carboxylic acids is 2. The van der Waals surface area contributed by atoms with Gasteiger partial charge in [0, 0.05) is 0 Å². The van der Waals surface area contributed by atoms with Crippen molar-refractivity contribution in [2.45, 2.75) is 5.32 Å². The zero-order chi connectivity index (χ0) is 12.0. The standard InChI is InChI=1S/C11H12O4Se/c1-14-9-4-3-8(6-12)10(5-9)16-7-11(13)15-2/h3-6H,7H2,1-2H3. The van der Waals surface area contributed by atoms with Gasteiger partial charge < -0.3 is 0 Å². The van der Waals surface area contributed by atoms with E-state index in [4.69, 9.17) is 4.74 Å². The number of methoxy groups -OCH3 is 2. The minimum absolute atomic E-state index is 0.113. The molecule has 86 valence electrons. The Hall–Kier alpha value is -1.32. The van der Waals surface area contributed by atoms with Gasteiger partial charge in [-0.1, -0.05) is 0 Å². The van der Waals surface area contributed by atoms with Gasteiger partial charge in [0.1, 0.15) is 0 Å². The van der Waals surface area contributed by atoms with Crippen molar-refractivity contribution in [3.8, 4) is 5.75 Å².